The van der Waals surface area contributed by atoms with Crippen LogP contribution >= 0.6 is 0 Å². The molecule has 0 spiro atoms. The number of aliphatic carboxylic acids is 1. The largest absolute Gasteiger partial charge is 0.481 e. The molecule has 0 radical (unpaired) electrons. The Morgan fingerprint density at radius 2 is 1.78 bits per heavy atom. The van der Waals surface area contributed by atoms with Crippen LogP contribution in [0.25, 0.3) is 0 Å². The fourth-order valence-electron chi connectivity index (χ4n) is 1.91. The predicted octanol–water partition coefficient (Wildman–Crippen LogP) is 2.25. The van der Waals surface area contributed by atoms with Gasteiger partial charge in [-0.1, -0.05) is 30.3 Å². The van der Waals surface area contributed by atoms with Crippen LogP contribution in [0.1, 0.15) is 18.4 Å². The molecule has 0 bridgehead atoms. The molecule has 23 heavy (non-hydrogen) atoms. The van der Waals surface area contributed by atoms with E-state index in [0.29, 0.717) is 5.75 Å². The van der Waals surface area contributed by atoms with Crippen molar-refractivity contribution >= 4 is 16.3 Å². The molecule has 8 heteroatoms. The topological polar surface area (TPSA) is 116 Å². The third-order valence-electron chi connectivity index (χ3n) is 3.02. The summed E-state index contributed by atoms with van der Waals surface area (Å²) in [5.74, 6) is -1.90. The first-order chi connectivity index (χ1) is 10.8. The van der Waals surface area contributed by atoms with Gasteiger partial charge in [0, 0.05) is 5.56 Å². The van der Waals surface area contributed by atoms with Crippen LogP contribution in [0, 0.1) is 0 Å². The molecule has 0 fully saturated rings. The molecule has 0 saturated heterocycles. The molecule has 0 aromatic heterocycles. The Bertz CT molecular complexity index is 804. The lowest BCUT2D eigenvalue weighted by Gasteiger charge is -2.16. The van der Waals surface area contributed by atoms with Gasteiger partial charge in [0.1, 0.15) is 5.75 Å². The highest BCUT2D eigenvalue weighted by Crippen LogP contribution is 2.38. The number of hydrogen-bond donors (Lipinski definition) is 2. The lowest BCUT2D eigenvalue weighted by molar-refractivity contribution is -0.138. The van der Waals surface area contributed by atoms with Crippen LogP contribution in [0.3, 0.4) is 0 Å². The van der Waals surface area contributed by atoms with Crippen molar-refractivity contribution in [2.24, 2.45) is 5.14 Å². The normalized spacial score (nSPS) is 12.4. The maximum absolute atomic E-state index is 11.3. The van der Waals surface area contributed by atoms with E-state index in [0.717, 1.165) is 0 Å². The number of carbonyl (C=O) groups is 1. The standard InChI is InChI=1S/C15H15NO6S/c1-10(15(17)18)12-8-5-9-13(14(12)22-23(16,19)20)21-11-6-3-2-4-7-11/h2-10H,1H3,(H,17,18)(H2,16,19,20)/t10-/m0/s1. The molecule has 1 atom stereocenters. The minimum atomic E-state index is -4.35. The van der Waals surface area contributed by atoms with Crippen molar-refractivity contribution in [2.75, 3.05) is 0 Å². The van der Waals surface area contributed by atoms with Crippen molar-refractivity contribution in [2.45, 2.75) is 12.8 Å². The van der Waals surface area contributed by atoms with Crippen LogP contribution in [0.4, 0.5) is 0 Å². The van der Waals surface area contributed by atoms with E-state index in [1.54, 1.807) is 36.4 Å². The highest BCUT2D eigenvalue weighted by molar-refractivity contribution is 7.84. The summed E-state index contributed by atoms with van der Waals surface area (Å²) in [6, 6.07) is 13.0. The van der Waals surface area contributed by atoms with Crippen LogP contribution in [-0.4, -0.2) is 19.5 Å². The Balaban J connectivity index is 2.52. The lowest BCUT2D eigenvalue weighted by atomic mass is 10.00. The van der Waals surface area contributed by atoms with E-state index in [2.05, 4.69) is 0 Å². The maximum atomic E-state index is 11.3. The first-order valence-corrected chi connectivity index (χ1v) is 8.06. The second-order valence-electron chi connectivity index (χ2n) is 4.73. The fourth-order valence-corrected chi connectivity index (χ4v) is 2.32. The minimum absolute atomic E-state index is 0.0517. The molecule has 0 aliphatic carbocycles. The number of benzene rings is 2. The molecule has 2 aromatic carbocycles. The molecule has 122 valence electrons. The number of carboxylic acids is 1. The molecule has 7 nitrogen and oxygen atoms in total. The summed E-state index contributed by atoms with van der Waals surface area (Å²) in [6.07, 6.45) is 0. The van der Waals surface area contributed by atoms with Gasteiger partial charge in [-0.05, 0) is 25.1 Å². The van der Waals surface area contributed by atoms with Gasteiger partial charge in [-0.25, -0.2) is 0 Å². The van der Waals surface area contributed by atoms with Crippen molar-refractivity contribution in [3.8, 4) is 17.2 Å². The number of hydrogen-bond acceptors (Lipinski definition) is 5. The average Bonchev–Trinajstić information content (AvgIpc) is 2.48. The molecule has 0 unspecified atom stereocenters. The van der Waals surface area contributed by atoms with Gasteiger partial charge in [0.15, 0.2) is 11.5 Å². The van der Waals surface area contributed by atoms with Crippen molar-refractivity contribution < 1.29 is 27.2 Å². The summed E-state index contributed by atoms with van der Waals surface area (Å²) in [7, 11) is -4.35. The van der Waals surface area contributed by atoms with Crippen molar-refractivity contribution in [1.82, 2.24) is 0 Å². The van der Waals surface area contributed by atoms with Crippen LogP contribution < -0.4 is 14.1 Å². The quantitative estimate of drug-likeness (QED) is 0.835. The van der Waals surface area contributed by atoms with E-state index < -0.39 is 22.2 Å². The second kappa shape index (κ2) is 6.67. The van der Waals surface area contributed by atoms with Gasteiger partial charge in [-0.3, -0.25) is 4.79 Å². The number of ether oxygens (including phenoxy) is 1. The molecule has 2 rings (SSSR count). The smallest absolute Gasteiger partial charge is 0.380 e. The van der Waals surface area contributed by atoms with Gasteiger partial charge in [-0.15, -0.1) is 0 Å². The summed E-state index contributed by atoms with van der Waals surface area (Å²) in [5.41, 5.74) is 0.139. The van der Waals surface area contributed by atoms with E-state index in [-0.39, 0.29) is 17.1 Å². The van der Waals surface area contributed by atoms with E-state index >= 15 is 0 Å². The van der Waals surface area contributed by atoms with Gasteiger partial charge in [0.2, 0.25) is 0 Å². The predicted molar refractivity (Wildman–Crippen MR) is 82.7 cm³/mol. The van der Waals surface area contributed by atoms with E-state index in [4.69, 9.17) is 19.2 Å². The van der Waals surface area contributed by atoms with Crippen molar-refractivity contribution in [3.05, 3.63) is 54.1 Å². The van der Waals surface area contributed by atoms with Gasteiger partial charge >= 0.3 is 16.3 Å². The molecule has 2 aromatic rings. The maximum Gasteiger partial charge on any atom is 0.380 e. The van der Waals surface area contributed by atoms with E-state index in [1.807, 2.05) is 0 Å². The highest BCUT2D eigenvalue weighted by Gasteiger charge is 2.24. The molecule has 0 aliphatic rings. The average molecular weight is 337 g/mol. The summed E-state index contributed by atoms with van der Waals surface area (Å²) in [6.45, 7) is 1.40. The Morgan fingerprint density at radius 1 is 1.13 bits per heavy atom. The van der Waals surface area contributed by atoms with Gasteiger partial charge in [0.25, 0.3) is 0 Å². The second-order valence-corrected chi connectivity index (χ2v) is 5.88. The first-order valence-electron chi connectivity index (χ1n) is 6.59. The van der Waals surface area contributed by atoms with Crippen LogP contribution in [0.15, 0.2) is 48.5 Å². The molecular weight excluding hydrogens is 322 g/mol. The molecule has 0 aliphatic heterocycles. The summed E-state index contributed by atoms with van der Waals surface area (Å²) < 4.78 is 33.0. The Morgan fingerprint density at radius 3 is 2.35 bits per heavy atom. The zero-order chi connectivity index (χ0) is 17.0. The lowest BCUT2D eigenvalue weighted by Crippen LogP contribution is -2.21. The zero-order valence-corrected chi connectivity index (χ0v) is 13.0. The Labute approximate surface area is 133 Å². The first kappa shape index (κ1) is 16.8. The van der Waals surface area contributed by atoms with Crippen LogP contribution in [0.5, 0.6) is 17.2 Å². The zero-order valence-electron chi connectivity index (χ0n) is 12.2. The Hall–Kier alpha value is -2.58. The molecule has 0 saturated carbocycles. The number of carboxylic acid groups (broad SMARTS) is 1. The Kier molecular flexibility index (Phi) is 4.87. The molecule has 3 N–H and O–H groups in total. The number of rotatable bonds is 6. The van der Waals surface area contributed by atoms with Crippen molar-refractivity contribution in [3.63, 3.8) is 0 Å². The minimum Gasteiger partial charge on any atom is -0.481 e. The summed E-state index contributed by atoms with van der Waals surface area (Å²) in [4.78, 5) is 11.2. The highest BCUT2D eigenvalue weighted by atomic mass is 32.2. The fraction of sp³-hybridized carbons (Fsp3) is 0.133. The SMILES string of the molecule is C[C@H](C(=O)O)c1cccc(Oc2ccccc2)c1OS(N)(=O)=O. The van der Waals surface area contributed by atoms with E-state index in [1.165, 1.54) is 19.1 Å². The molecular formula is C15H15NO6S. The number of para-hydroxylation sites is 2. The van der Waals surface area contributed by atoms with E-state index in [9.17, 15) is 13.2 Å². The summed E-state index contributed by atoms with van der Waals surface area (Å²) in [5, 5.41) is 14.1. The van der Waals surface area contributed by atoms with Gasteiger partial charge in [-0.2, -0.15) is 13.6 Å². The number of nitrogens with two attached hydrogens (primary N) is 1. The molecule has 0 amide bonds. The van der Waals surface area contributed by atoms with Crippen LogP contribution in [-0.2, 0) is 15.1 Å². The third-order valence-corrected chi connectivity index (χ3v) is 3.42. The van der Waals surface area contributed by atoms with Gasteiger partial charge < -0.3 is 14.0 Å². The van der Waals surface area contributed by atoms with Gasteiger partial charge in [0.05, 0.1) is 5.92 Å². The summed E-state index contributed by atoms with van der Waals surface area (Å²) >= 11 is 0. The monoisotopic (exact) mass is 337 g/mol. The van der Waals surface area contributed by atoms with Crippen molar-refractivity contribution in [1.29, 1.82) is 0 Å². The molecule has 0 heterocycles. The van der Waals surface area contributed by atoms with Crippen LogP contribution in [0.2, 0.25) is 0 Å². The third kappa shape index (κ3) is 4.44.